The third kappa shape index (κ3) is 3.11. The minimum Gasteiger partial charge on any atom is -0.437 e. The number of halogens is 1. The molecule has 5 heteroatoms. The molecule has 1 aromatic heterocycles. The number of rotatable bonds is 3. The molecule has 2 heterocycles. The second-order valence-electron chi connectivity index (χ2n) is 4.88. The minimum absolute atomic E-state index is 0.330. The fraction of sp³-hybridized carbons (Fsp3) is 0.333. The SMILES string of the molecule is Fc1cccc(Oc2cncc(C3CCCNC3)n2)c1. The molecule has 0 aliphatic carbocycles. The van der Waals surface area contributed by atoms with Crippen LogP contribution in [0.15, 0.2) is 36.7 Å². The van der Waals surface area contributed by atoms with Crippen LogP contribution in [0.4, 0.5) is 4.39 Å². The zero-order valence-corrected chi connectivity index (χ0v) is 11.1. The molecule has 1 unspecified atom stereocenters. The van der Waals surface area contributed by atoms with Crippen molar-refractivity contribution < 1.29 is 9.13 Å². The summed E-state index contributed by atoms with van der Waals surface area (Å²) < 4.78 is 18.7. The molecule has 0 radical (unpaired) electrons. The Morgan fingerprint density at radius 2 is 2.25 bits per heavy atom. The van der Waals surface area contributed by atoms with Crippen LogP contribution in [0, 0.1) is 5.82 Å². The average Bonchev–Trinajstić information content (AvgIpc) is 2.48. The van der Waals surface area contributed by atoms with Crippen LogP contribution in [0.1, 0.15) is 24.5 Å². The van der Waals surface area contributed by atoms with Crippen molar-refractivity contribution in [3.63, 3.8) is 0 Å². The lowest BCUT2D eigenvalue weighted by Gasteiger charge is -2.22. The van der Waals surface area contributed by atoms with Crippen molar-refractivity contribution in [1.82, 2.24) is 15.3 Å². The molecule has 0 amide bonds. The second-order valence-corrected chi connectivity index (χ2v) is 4.88. The van der Waals surface area contributed by atoms with E-state index in [9.17, 15) is 4.39 Å². The second kappa shape index (κ2) is 5.96. The molecule has 20 heavy (non-hydrogen) atoms. The summed E-state index contributed by atoms with van der Waals surface area (Å²) in [6.45, 7) is 1.97. The fourth-order valence-corrected chi connectivity index (χ4v) is 2.36. The van der Waals surface area contributed by atoms with Gasteiger partial charge in [0, 0.05) is 24.7 Å². The molecule has 1 fully saturated rings. The Hall–Kier alpha value is -2.01. The van der Waals surface area contributed by atoms with Gasteiger partial charge >= 0.3 is 0 Å². The molecule has 2 aromatic rings. The standard InChI is InChI=1S/C15H16FN3O/c16-12-4-1-5-13(7-12)20-15-10-18-9-14(19-15)11-3-2-6-17-8-11/h1,4-5,7,9-11,17H,2-3,6,8H2. The molecule has 1 N–H and O–H groups in total. The Labute approximate surface area is 117 Å². The Kier molecular flexibility index (Phi) is 3.87. The van der Waals surface area contributed by atoms with E-state index in [1.54, 1.807) is 24.5 Å². The molecule has 3 rings (SSSR count). The molecule has 1 saturated heterocycles. The van der Waals surface area contributed by atoms with Crippen molar-refractivity contribution in [3.8, 4) is 11.6 Å². The Morgan fingerprint density at radius 3 is 3.05 bits per heavy atom. The number of nitrogens with zero attached hydrogens (tertiary/aromatic N) is 2. The van der Waals surface area contributed by atoms with Gasteiger partial charge in [-0.25, -0.2) is 9.37 Å². The lowest BCUT2D eigenvalue weighted by molar-refractivity contribution is 0.430. The third-order valence-electron chi connectivity index (χ3n) is 3.36. The summed E-state index contributed by atoms with van der Waals surface area (Å²) in [5.74, 6) is 0.868. The van der Waals surface area contributed by atoms with Gasteiger partial charge in [-0.3, -0.25) is 4.98 Å². The summed E-state index contributed by atoms with van der Waals surface area (Å²) in [7, 11) is 0. The van der Waals surface area contributed by atoms with Crippen LogP contribution >= 0.6 is 0 Å². The number of ether oxygens (including phenoxy) is 1. The highest BCUT2D eigenvalue weighted by Gasteiger charge is 2.17. The number of nitrogens with one attached hydrogen (secondary N) is 1. The van der Waals surface area contributed by atoms with E-state index in [-0.39, 0.29) is 5.82 Å². The number of hydrogen-bond donors (Lipinski definition) is 1. The molecular formula is C15H16FN3O. The molecule has 0 bridgehead atoms. The van der Waals surface area contributed by atoms with E-state index in [0.29, 0.717) is 17.5 Å². The third-order valence-corrected chi connectivity index (χ3v) is 3.36. The highest BCUT2D eigenvalue weighted by Crippen LogP contribution is 2.24. The Balaban J connectivity index is 1.77. The maximum atomic E-state index is 13.1. The molecule has 1 atom stereocenters. The lowest BCUT2D eigenvalue weighted by Crippen LogP contribution is -2.28. The zero-order chi connectivity index (χ0) is 13.8. The molecule has 4 nitrogen and oxygen atoms in total. The monoisotopic (exact) mass is 273 g/mol. The van der Waals surface area contributed by atoms with Gasteiger partial charge in [-0.15, -0.1) is 0 Å². The van der Waals surface area contributed by atoms with E-state index in [2.05, 4.69) is 15.3 Å². The molecule has 104 valence electrons. The van der Waals surface area contributed by atoms with Crippen LogP contribution in [0.3, 0.4) is 0 Å². The van der Waals surface area contributed by atoms with Crippen molar-refractivity contribution in [1.29, 1.82) is 0 Å². The quantitative estimate of drug-likeness (QED) is 0.934. The minimum atomic E-state index is -0.330. The largest absolute Gasteiger partial charge is 0.437 e. The van der Waals surface area contributed by atoms with Crippen molar-refractivity contribution in [2.24, 2.45) is 0 Å². The number of piperidine rings is 1. The van der Waals surface area contributed by atoms with Crippen LogP contribution < -0.4 is 10.1 Å². The first-order chi connectivity index (χ1) is 9.81. The van der Waals surface area contributed by atoms with E-state index in [4.69, 9.17) is 4.74 Å². The summed E-state index contributed by atoms with van der Waals surface area (Å²) in [6.07, 6.45) is 5.56. The van der Waals surface area contributed by atoms with Gasteiger partial charge < -0.3 is 10.1 Å². The van der Waals surface area contributed by atoms with Gasteiger partial charge in [0.1, 0.15) is 11.6 Å². The molecule has 0 spiro atoms. The zero-order valence-electron chi connectivity index (χ0n) is 11.1. The van der Waals surface area contributed by atoms with Gasteiger partial charge in [0.15, 0.2) is 0 Å². The normalized spacial score (nSPS) is 18.8. The first-order valence-electron chi connectivity index (χ1n) is 6.77. The van der Waals surface area contributed by atoms with E-state index in [1.165, 1.54) is 12.1 Å². The first-order valence-corrected chi connectivity index (χ1v) is 6.77. The maximum Gasteiger partial charge on any atom is 0.238 e. The van der Waals surface area contributed by atoms with Crippen LogP contribution in [0.2, 0.25) is 0 Å². The van der Waals surface area contributed by atoms with Crippen molar-refractivity contribution in [2.75, 3.05) is 13.1 Å². The maximum absolute atomic E-state index is 13.1. The van der Waals surface area contributed by atoms with Crippen molar-refractivity contribution in [3.05, 3.63) is 48.2 Å². The van der Waals surface area contributed by atoms with Crippen LogP contribution in [-0.2, 0) is 0 Å². The van der Waals surface area contributed by atoms with Crippen molar-refractivity contribution >= 4 is 0 Å². The number of benzene rings is 1. The van der Waals surface area contributed by atoms with E-state index in [1.807, 2.05) is 0 Å². The van der Waals surface area contributed by atoms with Crippen LogP contribution in [0.5, 0.6) is 11.6 Å². The number of aromatic nitrogens is 2. The van der Waals surface area contributed by atoms with E-state index in [0.717, 1.165) is 31.6 Å². The van der Waals surface area contributed by atoms with Gasteiger partial charge in [-0.1, -0.05) is 6.07 Å². The van der Waals surface area contributed by atoms with Gasteiger partial charge in [0.2, 0.25) is 5.88 Å². The highest BCUT2D eigenvalue weighted by molar-refractivity contribution is 5.27. The molecule has 1 aliphatic rings. The Bertz CT molecular complexity index is 585. The summed E-state index contributed by atoms with van der Waals surface area (Å²) in [6, 6.07) is 6.01. The van der Waals surface area contributed by atoms with E-state index < -0.39 is 0 Å². The highest BCUT2D eigenvalue weighted by atomic mass is 19.1. The topological polar surface area (TPSA) is 47.0 Å². The average molecular weight is 273 g/mol. The summed E-state index contributed by atoms with van der Waals surface area (Å²) in [5, 5.41) is 3.35. The molecule has 0 saturated carbocycles. The van der Waals surface area contributed by atoms with E-state index >= 15 is 0 Å². The Morgan fingerprint density at radius 1 is 1.30 bits per heavy atom. The summed E-state index contributed by atoms with van der Waals surface area (Å²) >= 11 is 0. The fourth-order valence-electron chi connectivity index (χ4n) is 2.36. The summed E-state index contributed by atoms with van der Waals surface area (Å²) in [4.78, 5) is 8.64. The molecule has 1 aliphatic heterocycles. The smallest absolute Gasteiger partial charge is 0.238 e. The van der Waals surface area contributed by atoms with Gasteiger partial charge in [-0.2, -0.15) is 0 Å². The van der Waals surface area contributed by atoms with Gasteiger partial charge in [0.25, 0.3) is 0 Å². The predicted octanol–water partition coefficient (Wildman–Crippen LogP) is 2.88. The summed E-state index contributed by atoms with van der Waals surface area (Å²) in [5.41, 5.74) is 0.922. The van der Waals surface area contributed by atoms with Crippen LogP contribution in [-0.4, -0.2) is 23.1 Å². The molecule has 1 aromatic carbocycles. The lowest BCUT2D eigenvalue weighted by atomic mass is 9.97. The molecular weight excluding hydrogens is 257 g/mol. The van der Waals surface area contributed by atoms with Gasteiger partial charge in [-0.05, 0) is 31.5 Å². The van der Waals surface area contributed by atoms with Crippen LogP contribution in [0.25, 0.3) is 0 Å². The first kappa shape index (κ1) is 13.0. The van der Waals surface area contributed by atoms with Crippen molar-refractivity contribution in [2.45, 2.75) is 18.8 Å². The predicted molar refractivity (Wildman–Crippen MR) is 73.4 cm³/mol. The van der Waals surface area contributed by atoms with Gasteiger partial charge in [0.05, 0.1) is 11.9 Å². The number of hydrogen-bond acceptors (Lipinski definition) is 4.